The Morgan fingerprint density at radius 1 is 0.964 bits per heavy atom. The van der Waals surface area contributed by atoms with Crippen LogP contribution in [0.1, 0.15) is 18.4 Å². The second-order valence-corrected chi connectivity index (χ2v) is 9.92. The SMILES string of the molecule is COC(=O)[C@@H](C(C)=O)c1cc(NS(=O)(=O)N(C)C)ccc1NS(=O)(=O)N(C)C. The molecule has 0 unspecified atom stereocenters. The maximum absolute atomic E-state index is 12.2. The van der Waals surface area contributed by atoms with Gasteiger partial charge in [-0.1, -0.05) is 0 Å². The van der Waals surface area contributed by atoms with Gasteiger partial charge in [-0.2, -0.15) is 25.4 Å². The minimum Gasteiger partial charge on any atom is -0.468 e. The third-order valence-corrected chi connectivity index (χ3v) is 6.55. The van der Waals surface area contributed by atoms with Crippen molar-refractivity contribution in [3.8, 4) is 0 Å². The number of Topliss-reactive ketones (excluding diaryl/α,β-unsaturated/α-hetero) is 1. The monoisotopic (exact) mass is 436 g/mol. The van der Waals surface area contributed by atoms with Crippen LogP contribution in [0.4, 0.5) is 11.4 Å². The number of rotatable bonds is 9. The van der Waals surface area contributed by atoms with E-state index in [1.165, 1.54) is 46.4 Å². The summed E-state index contributed by atoms with van der Waals surface area (Å²) in [5.74, 6) is -2.97. The third kappa shape index (κ3) is 5.64. The van der Waals surface area contributed by atoms with E-state index in [2.05, 4.69) is 14.2 Å². The second kappa shape index (κ2) is 8.86. The Labute approximate surface area is 165 Å². The van der Waals surface area contributed by atoms with Crippen molar-refractivity contribution in [1.29, 1.82) is 0 Å². The number of nitrogens with zero attached hydrogens (tertiary/aromatic N) is 2. The summed E-state index contributed by atoms with van der Waals surface area (Å²) in [6.45, 7) is 1.14. The molecule has 0 amide bonds. The number of esters is 1. The molecule has 0 saturated carbocycles. The highest BCUT2D eigenvalue weighted by Gasteiger charge is 2.31. The minimum atomic E-state index is -3.95. The second-order valence-electron chi connectivity index (χ2n) is 6.15. The van der Waals surface area contributed by atoms with Crippen LogP contribution in [-0.2, 0) is 34.7 Å². The van der Waals surface area contributed by atoms with Gasteiger partial charge in [-0.15, -0.1) is 0 Å². The van der Waals surface area contributed by atoms with Crippen molar-refractivity contribution in [1.82, 2.24) is 8.61 Å². The van der Waals surface area contributed by atoms with Crippen LogP contribution in [0.5, 0.6) is 0 Å². The maximum Gasteiger partial charge on any atom is 0.320 e. The Bertz CT molecular complexity index is 957. The van der Waals surface area contributed by atoms with Crippen molar-refractivity contribution >= 4 is 43.5 Å². The van der Waals surface area contributed by atoms with E-state index >= 15 is 0 Å². The van der Waals surface area contributed by atoms with Crippen LogP contribution in [-0.4, -0.2) is 72.5 Å². The van der Waals surface area contributed by atoms with Gasteiger partial charge in [0.05, 0.1) is 18.5 Å². The molecule has 1 atom stereocenters. The first-order valence-electron chi connectivity index (χ1n) is 7.85. The molecule has 0 aliphatic heterocycles. The van der Waals surface area contributed by atoms with Gasteiger partial charge >= 0.3 is 26.4 Å². The van der Waals surface area contributed by atoms with Crippen molar-refractivity contribution in [3.63, 3.8) is 0 Å². The van der Waals surface area contributed by atoms with E-state index < -0.39 is 38.1 Å². The van der Waals surface area contributed by atoms with Crippen LogP contribution in [0.15, 0.2) is 18.2 Å². The topological polar surface area (TPSA) is 142 Å². The molecule has 0 aliphatic rings. The summed E-state index contributed by atoms with van der Waals surface area (Å²) in [6.07, 6.45) is 0. The predicted molar refractivity (Wildman–Crippen MR) is 104 cm³/mol. The molecule has 1 rings (SSSR count). The fraction of sp³-hybridized carbons (Fsp3) is 0.467. The van der Waals surface area contributed by atoms with Crippen molar-refractivity contribution in [2.75, 3.05) is 44.7 Å². The first-order chi connectivity index (χ1) is 12.7. The lowest BCUT2D eigenvalue weighted by Gasteiger charge is -2.21. The molecule has 1 aromatic rings. The predicted octanol–water partition coefficient (Wildman–Crippen LogP) is -0.0312. The van der Waals surface area contributed by atoms with Crippen LogP contribution >= 0.6 is 0 Å². The van der Waals surface area contributed by atoms with E-state index in [9.17, 15) is 26.4 Å². The largest absolute Gasteiger partial charge is 0.468 e. The normalized spacial score (nSPS) is 13.3. The Kier molecular flexibility index (Phi) is 7.53. The fourth-order valence-corrected chi connectivity index (χ4v) is 3.31. The van der Waals surface area contributed by atoms with E-state index in [4.69, 9.17) is 0 Å². The summed E-state index contributed by atoms with van der Waals surface area (Å²) in [7, 11) is -1.51. The van der Waals surface area contributed by atoms with Crippen LogP contribution in [0.2, 0.25) is 0 Å². The molecule has 0 saturated heterocycles. The first kappa shape index (κ1) is 23.8. The first-order valence-corrected chi connectivity index (χ1v) is 10.7. The lowest BCUT2D eigenvalue weighted by molar-refractivity contribution is -0.145. The summed E-state index contributed by atoms with van der Waals surface area (Å²) in [4.78, 5) is 24.2. The highest BCUT2D eigenvalue weighted by Crippen LogP contribution is 2.31. The third-order valence-electron chi connectivity index (χ3n) is 3.65. The van der Waals surface area contributed by atoms with Crippen molar-refractivity contribution in [2.24, 2.45) is 0 Å². The average Bonchev–Trinajstić information content (AvgIpc) is 2.55. The number of ether oxygens (including phenoxy) is 1. The van der Waals surface area contributed by atoms with Gasteiger partial charge in [-0.25, -0.2) is 0 Å². The van der Waals surface area contributed by atoms with E-state index in [-0.39, 0.29) is 16.9 Å². The molecule has 13 heteroatoms. The molecule has 0 aromatic heterocycles. The van der Waals surface area contributed by atoms with Gasteiger partial charge in [0.1, 0.15) is 11.7 Å². The average molecular weight is 437 g/mol. The summed E-state index contributed by atoms with van der Waals surface area (Å²) in [5, 5.41) is 0. The van der Waals surface area contributed by atoms with E-state index in [0.717, 1.165) is 22.6 Å². The summed E-state index contributed by atoms with van der Waals surface area (Å²) >= 11 is 0. The number of nitrogens with one attached hydrogen (secondary N) is 2. The van der Waals surface area contributed by atoms with Crippen LogP contribution < -0.4 is 9.44 Å². The van der Waals surface area contributed by atoms with Gasteiger partial charge in [-0.3, -0.25) is 19.0 Å². The zero-order valence-electron chi connectivity index (χ0n) is 16.4. The summed E-state index contributed by atoms with van der Waals surface area (Å²) < 4.78 is 59.5. The Hall–Kier alpha value is -2.22. The zero-order chi connectivity index (χ0) is 21.9. The molecule has 11 nitrogen and oxygen atoms in total. The van der Waals surface area contributed by atoms with E-state index in [1.54, 1.807) is 0 Å². The van der Waals surface area contributed by atoms with Crippen LogP contribution in [0.25, 0.3) is 0 Å². The number of ketones is 1. The number of carbonyl (C=O) groups excluding carboxylic acids is 2. The fourth-order valence-electron chi connectivity index (χ4n) is 2.06. The van der Waals surface area contributed by atoms with Gasteiger partial charge in [-0.05, 0) is 30.7 Å². The number of carbonyl (C=O) groups is 2. The Morgan fingerprint density at radius 3 is 1.89 bits per heavy atom. The number of hydrogen-bond donors (Lipinski definition) is 2. The molecule has 1 aromatic carbocycles. The van der Waals surface area contributed by atoms with Gasteiger partial charge in [0.2, 0.25) is 0 Å². The summed E-state index contributed by atoms with van der Waals surface area (Å²) in [6, 6.07) is 3.76. The zero-order valence-corrected chi connectivity index (χ0v) is 18.0. The lowest BCUT2D eigenvalue weighted by atomic mass is 9.93. The Morgan fingerprint density at radius 2 is 1.46 bits per heavy atom. The molecule has 0 fully saturated rings. The molecular formula is C15H24N4O7S2. The number of hydrogen-bond acceptors (Lipinski definition) is 7. The lowest BCUT2D eigenvalue weighted by Crippen LogP contribution is -2.31. The van der Waals surface area contributed by atoms with Gasteiger partial charge in [0.15, 0.2) is 0 Å². The Balaban J connectivity index is 3.60. The summed E-state index contributed by atoms with van der Waals surface area (Å²) in [5.41, 5.74) is -0.0810. The van der Waals surface area contributed by atoms with Gasteiger partial charge in [0.25, 0.3) is 0 Å². The molecule has 0 heterocycles. The van der Waals surface area contributed by atoms with E-state index in [1.807, 2.05) is 0 Å². The molecule has 2 N–H and O–H groups in total. The van der Waals surface area contributed by atoms with E-state index in [0.29, 0.717) is 0 Å². The van der Waals surface area contributed by atoms with Crippen molar-refractivity contribution in [2.45, 2.75) is 12.8 Å². The highest BCUT2D eigenvalue weighted by molar-refractivity contribution is 7.90. The molecule has 0 bridgehead atoms. The molecule has 0 spiro atoms. The maximum atomic E-state index is 12.2. The highest BCUT2D eigenvalue weighted by atomic mass is 32.2. The number of methoxy groups -OCH3 is 1. The number of anilines is 2. The minimum absolute atomic E-state index is 0.0339. The smallest absolute Gasteiger partial charge is 0.320 e. The van der Waals surface area contributed by atoms with Gasteiger partial charge < -0.3 is 4.74 Å². The molecule has 28 heavy (non-hydrogen) atoms. The van der Waals surface area contributed by atoms with Crippen LogP contribution in [0, 0.1) is 0 Å². The molecule has 158 valence electrons. The van der Waals surface area contributed by atoms with Crippen molar-refractivity contribution in [3.05, 3.63) is 23.8 Å². The quantitative estimate of drug-likeness (QED) is 0.409. The van der Waals surface area contributed by atoms with Crippen molar-refractivity contribution < 1.29 is 31.2 Å². The van der Waals surface area contributed by atoms with Gasteiger partial charge in [0, 0.05) is 28.2 Å². The number of benzene rings is 1. The van der Waals surface area contributed by atoms with Crippen LogP contribution in [0.3, 0.4) is 0 Å². The molecular weight excluding hydrogens is 412 g/mol. The molecule has 0 radical (unpaired) electrons. The molecule has 0 aliphatic carbocycles. The standard InChI is InChI=1S/C15H24N4O7S2/c1-10(20)14(15(21)26-6)12-9-11(16-27(22,23)18(2)3)7-8-13(12)17-28(24,25)19(4)5/h7-9,14,16-17H,1-6H3/t14-/m0/s1.